The molecule has 0 radical (unpaired) electrons. The summed E-state index contributed by atoms with van der Waals surface area (Å²) in [5.41, 5.74) is -1.05. The molecule has 2 rings (SSSR count). The summed E-state index contributed by atoms with van der Waals surface area (Å²) >= 11 is 0. The Morgan fingerprint density at radius 1 is 1.48 bits per heavy atom. The first kappa shape index (κ1) is 14.3. The van der Waals surface area contributed by atoms with E-state index in [1.807, 2.05) is 0 Å². The molecule has 108 valence electrons. The lowest BCUT2D eigenvalue weighted by molar-refractivity contribution is -0.385. The van der Waals surface area contributed by atoms with Crippen LogP contribution in [0.5, 0.6) is 0 Å². The van der Waals surface area contributed by atoms with Crippen molar-refractivity contribution in [2.45, 2.75) is 6.54 Å². The number of nitro benzene ring substituents is 1. The zero-order valence-electron chi connectivity index (χ0n) is 10.5. The fourth-order valence-corrected chi connectivity index (χ4v) is 1.63. The van der Waals surface area contributed by atoms with Crippen molar-refractivity contribution in [1.82, 2.24) is 10.2 Å². The SMILES string of the molecule is O=C(O)c1cc(NCc2cccnn2)c(F)cc1[N+](=O)[O-]. The maximum Gasteiger partial charge on any atom is 0.342 e. The number of carboxylic acid groups (broad SMARTS) is 1. The summed E-state index contributed by atoms with van der Waals surface area (Å²) < 4.78 is 13.8. The van der Waals surface area contributed by atoms with Crippen LogP contribution in [-0.2, 0) is 6.54 Å². The van der Waals surface area contributed by atoms with Gasteiger partial charge in [0.1, 0.15) is 5.56 Å². The van der Waals surface area contributed by atoms with Gasteiger partial charge in [0.15, 0.2) is 5.82 Å². The normalized spacial score (nSPS) is 10.1. The number of carboxylic acids is 1. The molecule has 0 aliphatic heterocycles. The van der Waals surface area contributed by atoms with E-state index in [9.17, 15) is 19.3 Å². The van der Waals surface area contributed by atoms with Gasteiger partial charge in [-0.15, -0.1) is 0 Å². The van der Waals surface area contributed by atoms with E-state index in [2.05, 4.69) is 15.5 Å². The highest BCUT2D eigenvalue weighted by Gasteiger charge is 2.23. The maximum absolute atomic E-state index is 13.8. The van der Waals surface area contributed by atoms with E-state index in [0.717, 1.165) is 6.07 Å². The zero-order valence-corrected chi connectivity index (χ0v) is 10.5. The van der Waals surface area contributed by atoms with Crippen LogP contribution in [0, 0.1) is 15.9 Å². The molecule has 1 aromatic carbocycles. The number of hydrogen-bond acceptors (Lipinski definition) is 6. The van der Waals surface area contributed by atoms with Gasteiger partial charge >= 0.3 is 5.97 Å². The Kier molecular flexibility index (Phi) is 4.02. The highest BCUT2D eigenvalue weighted by molar-refractivity contribution is 5.93. The Morgan fingerprint density at radius 2 is 2.24 bits per heavy atom. The van der Waals surface area contributed by atoms with E-state index < -0.39 is 28.0 Å². The number of aromatic carboxylic acids is 1. The van der Waals surface area contributed by atoms with Crippen LogP contribution in [0.3, 0.4) is 0 Å². The highest BCUT2D eigenvalue weighted by Crippen LogP contribution is 2.26. The summed E-state index contributed by atoms with van der Waals surface area (Å²) in [6.45, 7) is 0.0988. The van der Waals surface area contributed by atoms with Crippen molar-refractivity contribution in [1.29, 1.82) is 0 Å². The summed E-state index contributed by atoms with van der Waals surface area (Å²) in [7, 11) is 0. The van der Waals surface area contributed by atoms with E-state index in [1.54, 1.807) is 12.1 Å². The van der Waals surface area contributed by atoms with Crippen molar-refractivity contribution in [2.75, 3.05) is 5.32 Å². The smallest absolute Gasteiger partial charge is 0.342 e. The second kappa shape index (κ2) is 5.90. The van der Waals surface area contributed by atoms with Crippen molar-refractivity contribution in [3.63, 3.8) is 0 Å². The molecule has 21 heavy (non-hydrogen) atoms. The van der Waals surface area contributed by atoms with Gasteiger partial charge in [-0.25, -0.2) is 9.18 Å². The molecule has 0 unspecified atom stereocenters. The molecule has 0 bridgehead atoms. The molecule has 1 heterocycles. The molecular weight excluding hydrogens is 283 g/mol. The summed E-state index contributed by atoms with van der Waals surface area (Å²) in [6.07, 6.45) is 1.47. The number of nitrogens with one attached hydrogen (secondary N) is 1. The quantitative estimate of drug-likeness (QED) is 0.637. The van der Waals surface area contributed by atoms with Gasteiger partial charge in [0.2, 0.25) is 0 Å². The fraction of sp³-hybridized carbons (Fsp3) is 0.0833. The van der Waals surface area contributed by atoms with Crippen molar-refractivity contribution in [3.05, 3.63) is 57.7 Å². The van der Waals surface area contributed by atoms with Gasteiger partial charge in [0, 0.05) is 6.20 Å². The molecule has 2 N–H and O–H groups in total. The minimum atomic E-state index is -1.51. The molecule has 2 aromatic rings. The molecule has 0 atom stereocenters. The average molecular weight is 292 g/mol. The van der Waals surface area contributed by atoms with Crippen LogP contribution in [0.4, 0.5) is 15.8 Å². The molecule has 9 heteroatoms. The summed E-state index contributed by atoms with van der Waals surface area (Å²) in [5.74, 6) is -2.43. The number of nitro groups is 1. The first-order valence-electron chi connectivity index (χ1n) is 5.70. The first-order valence-corrected chi connectivity index (χ1v) is 5.70. The molecule has 0 aliphatic carbocycles. The van der Waals surface area contributed by atoms with Crippen LogP contribution in [0.25, 0.3) is 0 Å². The molecular formula is C12H9FN4O4. The molecule has 8 nitrogen and oxygen atoms in total. The van der Waals surface area contributed by atoms with Gasteiger partial charge in [-0.1, -0.05) is 0 Å². The van der Waals surface area contributed by atoms with Crippen molar-refractivity contribution in [2.24, 2.45) is 0 Å². The van der Waals surface area contributed by atoms with Crippen LogP contribution in [-0.4, -0.2) is 26.2 Å². The van der Waals surface area contributed by atoms with Crippen LogP contribution in [0.15, 0.2) is 30.5 Å². The first-order chi connectivity index (χ1) is 9.99. The number of aromatic nitrogens is 2. The van der Waals surface area contributed by atoms with Gasteiger partial charge in [-0.05, 0) is 18.2 Å². The molecule has 0 aliphatic rings. The molecule has 0 spiro atoms. The number of hydrogen-bond donors (Lipinski definition) is 2. The number of benzene rings is 1. The van der Waals surface area contributed by atoms with Gasteiger partial charge < -0.3 is 10.4 Å². The lowest BCUT2D eigenvalue weighted by atomic mass is 10.1. The average Bonchev–Trinajstić information content (AvgIpc) is 2.46. The lowest BCUT2D eigenvalue weighted by Gasteiger charge is -2.08. The van der Waals surface area contributed by atoms with Crippen molar-refractivity contribution in [3.8, 4) is 0 Å². The minimum absolute atomic E-state index is 0.0988. The third kappa shape index (κ3) is 3.26. The number of rotatable bonds is 5. The van der Waals surface area contributed by atoms with Crippen molar-refractivity contribution < 1.29 is 19.2 Å². The topological polar surface area (TPSA) is 118 Å². The molecule has 0 saturated carbocycles. The van der Waals surface area contributed by atoms with Crippen LogP contribution in [0.1, 0.15) is 16.1 Å². The van der Waals surface area contributed by atoms with Crippen LogP contribution >= 0.6 is 0 Å². The van der Waals surface area contributed by atoms with E-state index >= 15 is 0 Å². The number of nitrogens with zero attached hydrogens (tertiary/aromatic N) is 3. The van der Waals surface area contributed by atoms with Crippen molar-refractivity contribution >= 4 is 17.3 Å². The molecule has 0 saturated heterocycles. The molecule has 0 fully saturated rings. The molecule has 1 aromatic heterocycles. The Hall–Kier alpha value is -3.10. The second-order valence-corrected chi connectivity index (χ2v) is 3.98. The van der Waals surface area contributed by atoms with Gasteiger partial charge in [0.05, 0.1) is 28.9 Å². The van der Waals surface area contributed by atoms with E-state index in [1.165, 1.54) is 6.20 Å². The van der Waals surface area contributed by atoms with Gasteiger partial charge in [-0.3, -0.25) is 10.1 Å². The zero-order chi connectivity index (χ0) is 15.4. The molecule has 0 amide bonds. The van der Waals surface area contributed by atoms with E-state index in [0.29, 0.717) is 11.8 Å². The third-order valence-corrected chi connectivity index (χ3v) is 2.60. The highest BCUT2D eigenvalue weighted by atomic mass is 19.1. The van der Waals surface area contributed by atoms with Gasteiger partial charge in [0.25, 0.3) is 5.69 Å². The number of anilines is 1. The Labute approximate surface area is 117 Å². The second-order valence-electron chi connectivity index (χ2n) is 3.98. The summed E-state index contributed by atoms with van der Waals surface area (Å²) in [5, 5.41) is 29.7. The van der Waals surface area contributed by atoms with E-state index in [4.69, 9.17) is 5.11 Å². The summed E-state index contributed by atoms with van der Waals surface area (Å²) in [6, 6.07) is 4.73. The number of halogens is 1. The number of carbonyl (C=O) groups is 1. The summed E-state index contributed by atoms with van der Waals surface area (Å²) in [4.78, 5) is 20.7. The van der Waals surface area contributed by atoms with Crippen LogP contribution < -0.4 is 5.32 Å². The van der Waals surface area contributed by atoms with E-state index in [-0.39, 0.29) is 12.2 Å². The fourth-order valence-electron chi connectivity index (χ4n) is 1.63. The largest absolute Gasteiger partial charge is 0.477 e. The van der Waals surface area contributed by atoms with Crippen LogP contribution in [0.2, 0.25) is 0 Å². The third-order valence-electron chi connectivity index (χ3n) is 2.60. The Morgan fingerprint density at radius 3 is 2.81 bits per heavy atom. The maximum atomic E-state index is 13.8. The lowest BCUT2D eigenvalue weighted by Crippen LogP contribution is -2.08. The minimum Gasteiger partial charge on any atom is -0.477 e. The Bertz CT molecular complexity index is 693. The predicted octanol–water partition coefficient (Wildman–Crippen LogP) is 1.83. The monoisotopic (exact) mass is 292 g/mol. The predicted molar refractivity (Wildman–Crippen MR) is 69.4 cm³/mol. The van der Waals surface area contributed by atoms with Gasteiger partial charge in [-0.2, -0.15) is 10.2 Å². The Balaban J connectivity index is 2.30. The standard InChI is InChI=1S/C12H9FN4O4/c13-9-5-11(17(20)21)8(12(18)19)4-10(9)14-6-7-2-1-3-15-16-7/h1-5,14H,6H2,(H,18,19).